The molecule has 5 heteroatoms. The molecule has 0 spiro atoms. The Hall–Kier alpha value is -1.88. The topological polar surface area (TPSA) is 72.6 Å². The van der Waals surface area contributed by atoms with Crippen LogP contribution in [0.25, 0.3) is 0 Å². The van der Waals surface area contributed by atoms with Crippen LogP contribution in [0.3, 0.4) is 0 Å². The molecular formula is C27H38N2O3. The Labute approximate surface area is 192 Å². The van der Waals surface area contributed by atoms with E-state index in [1.165, 1.54) is 30.5 Å². The third-order valence-corrected chi connectivity index (χ3v) is 9.34. The first-order valence-corrected chi connectivity index (χ1v) is 12.7. The fourth-order valence-corrected chi connectivity index (χ4v) is 7.59. The molecule has 5 nitrogen and oxygen atoms in total. The lowest BCUT2D eigenvalue weighted by Crippen LogP contribution is -2.46. The van der Waals surface area contributed by atoms with Crippen molar-refractivity contribution >= 4 is 11.7 Å². The van der Waals surface area contributed by atoms with Gasteiger partial charge in [-0.3, -0.25) is 9.59 Å². The largest absolute Gasteiger partial charge is 0.494 e. The van der Waals surface area contributed by atoms with E-state index in [-0.39, 0.29) is 28.9 Å². The quantitative estimate of drug-likeness (QED) is 0.680. The summed E-state index contributed by atoms with van der Waals surface area (Å²) < 4.78 is 6.12. The van der Waals surface area contributed by atoms with Crippen LogP contribution in [-0.4, -0.2) is 42.3 Å². The number of nitrogens with zero attached hydrogens (tertiary/aromatic N) is 1. The summed E-state index contributed by atoms with van der Waals surface area (Å²) in [5.41, 5.74) is 8.19. The fourth-order valence-electron chi connectivity index (χ4n) is 7.59. The molecule has 0 aromatic heterocycles. The number of nitrogens with two attached hydrogens (primary N) is 1. The SMILES string of the molecule is C[C@@H]1CCCN1CCCOc1ccc2c(c1)CC[C@H]1[C@@H]3[C@@H](C(N)=O)CC(=O)[C@@]3(C)CC[C@H]21. The zero-order valence-corrected chi connectivity index (χ0v) is 19.6. The number of aryl methyl sites for hydroxylation is 1. The van der Waals surface area contributed by atoms with E-state index < -0.39 is 0 Å². The van der Waals surface area contributed by atoms with Crippen molar-refractivity contribution in [2.45, 2.75) is 77.2 Å². The molecule has 0 bridgehead atoms. The number of likely N-dealkylation sites (tertiary alicyclic amines) is 1. The maximum Gasteiger partial charge on any atom is 0.221 e. The normalized spacial score (nSPS) is 36.4. The number of ether oxygens (including phenoxy) is 1. The monoisotopic (exact) mass is 438 g/mol. The molecule has 1 amide bonds. The first kappa shape index (κ1) is 21.9. The number of amides is 1. The zero-order valence-electron chi connectivity index (χ0n) is 19.6. The van der Waals surface area contributed by atoms with E-state index >= 15 is 0 Å². The van der Waals surface area contributed by atoms with Crippen molar-refractivity contribution in [1.29, 1.82) is 0 Å². The van der Waals surface area contributed by atoms with Crippen molar-refractivity contribution in [3.63, 3.8) is 0 Å². The van der Waals surface area contributed by atoms with Gasteiger partial charge in [-0.2, -0.15) is 0 Å². The molecule has 1 aliphatic heterocycles. The maximum absolute atomic E-state index is 12.8. The molecule has 3 fully saturated rings. The molecule has 2 saturated carbocycles. The Balaban J connectivity index is 1.26. The van der Waals surface area contributed by atoms with Gasteiger partial charge in [0, 0.05) is 30.3 Å². The van der Waals surface area contributed by atoms with Gasteiger partial charge in [0.2, 0.25) is 5.91 Å². The molecule has 2 N–H and O–H groups in total. The van der Waals surface area contributed by atoms with Crippen LogP contribution in [0.1, 0.15) is 75.8 Å². The minimum absolute atomic E-state index is 0.100. The summed E-state index contributed by atoms with van der Waals surface area (Å²) in [4.78, 5) is 27.6. The van der Waals surface area contributed by atoms with E-state index in [4.69, 9.17) is 10.5 Å². The molecule has 1 aromatic rings. The lowest BCUT2D eigenvalue weighted by Gasteiger charge is -2.49. The first-order valence-electron chi connectivity index (χ1n) is 12.7. The second kappa shape index (κ2) is 8.48. The summed E-state index contributed by atoms with van der Waals surface area (Å²) in [7, 11) is 0. The van der Waals surface area contributed by atoms with Gasteiger partial charge in [-0.05, 0) is 99.4 Å². The molecule has 1 saturated heterocycles. The van der Waals surface area contributed by atoms with Crippen molar-refractivity contribution in [2.24, 2.45) is 28.9 Å². The van der Waals surface area contributed by atoms with Gasteiger partial charge in [0.25, 0.3) is 0 Å². The van der Waals surface area contributed by atoms with Crippen molar-refractivity contribution in [2.75, 3.05) is 19.7 Å². The lowest BCUT2D eigenvalue weighted by atomic mass is 9.54. The van der Waals surface area contributed by atoms with Crippen LogP contribution >= 0.6 is 0 Å². The smallest absolute Gasteiger partial charge is 0.221 e. The van der Waals surface area contributed by atoms with Crippen molar-refractivity contribution in [1.82, 2.24) is 4.90 Å². The van der Waals surface area contributed by atoms with Crippen molar-refractivity contribution in [3.8, 4) is 5.75 Å². The van der Waals surface area contributed by atoms with Crippen LogP contribution in [0.2, 0.25) is 0 Å². The number of fused-ring (bicyclic) bond motifs is 5. The Morgan fingerprint density at radius 3 is 2.88 bits per heavy atom. The molecule has 0 radical (unpaired) electrons. The Bertz CT molecular complexity index is 899. The first-order chi connectivity index (χ1) is 15.4. The van der Waals surface area contributed by atoms with Crippen LogP contribution in [0.5, 0.6) is 5.75 Å². The van der Waals surface area contributed by atoms with Crippen LogP contribution in [0.4, 0.5) is 0 Å². The van der Waals surface area contributed by atoms with E-state index in [0.717, 1.165) is 51.0 Å². The molecule has 6 atom stereocenters. The fraction of sp³-hybridized carbons (Fsp3) is 0.704. The van der Waals surface area contributed by atoms with E-state index in [9.17, 15) is 9.59 Å². The molecule has 32 heavy (non-hydrogen) atoms. The molecule has 174 valence electrons. The van der Waals surface area contributed by atoms with Crippen LogP contribution in [0.15, 0.2) is 18.2 Å². The highest BCUT2D eigenvalue weighted by Crippen LogP contribution is 2.61. The van der Waals surface area contributed by atoms with E-state index in [1.54, 1.807) is 0 Å². The number of Topliss-reactive ketones (excluding diaryl/α,β-unsaturated/α-hetero) is 1. The number of hydrogen-bond donors (Lipinski definition) is 1. The third-order valence-electron chi connectivity index (χ3n) is 9.34. The minimum Gasteiger partial charge on any atom is -0.494 e. The highest BCUT2D eigenvalue weighted by atomic mass is 16.5. The van der Waals surface area contributed by atoms with Crippen LogP contribution < -0.4 is 10.5 Å². The third kappa shape index (κ3) is 3.67. The summed E-state index contributed by atoms with van der Waals surface area (Å²) in [5.74, 6) is 1.55. The molecule has 3 aliphatic carbocycles. The molecule has 0 unspecified atom stereocenters. The number of carbonyl (C=O) groups excluding carboxylic acids is 2. The Kier molecular flexibility index (Phi) is 5.81. The van der Waals surface area contributed by atoms with E-state index in [0.29, 0.717) is 24.3 Å². The second-order valence-corrected chi connectivity index (χ2v) is 11.0. The Morgan fingerprint density at radius 1 is 1.28 bits per heavy atom. The van der Waals surface area contributed by atoms with Crippen LogP contribution in [-0.2, 0) is 16.0 Å². The lowest BCUT2D eigenvalue weighted by molar-refractivity contribution is -0.129. The van der Waals surface area contributed by atoms with Gasteiger partial charge in [0.15, 0.2) is 0 Å². The van der Waals surface area contributed by atoms with Crippen molar-refractivity contribution < 1.29 is 14.3 Å². The predicted octanol–water partition coefficient (Wildman–Crippen LogP) is 4.08. The summed E-state index contributed by atoms with van der Waals surface area (Å²) in [6, 6.07) is 7.33. The van der Waals surface area contributed by atoms with Gasteiger partial charge in [-0.1, -0.05) is 13.0 Å². The van der Waals surface area contributed by atoms with E-state index in [1.807, 2.05) is 0 Å². The number of rotatable bonds is 6. The van der Waals surface area contributed by atoms with Crippen LogP contribution in [0, 0.1) is 23.2 Å². The van der Waals surface area contributed by atoms with E-state index in [2.05, 4.69) is 36.9 Å². The molecule has 1 aromatic carbocycles. The summed E-state index contributed by atoms with van der Waals surface area (Å²) in [5, 5.41) is 0. The molecule has 1 heterocycles. The van der Waals surface area contributed by atoms with Gasteiger partial charge >= 0.3 is 0 Å². The Morgan fingerprint density at radius 2 is 2.12 bits per heavy atom. The zero-order chi connectivity index (χ0) is 22.5. The average molecular weight is 439 g/mol. The minimum atomic E-state index is -0.367. The van der Waals surface area contributed by atoms with Gasteiger partial charge in [0.1, 0.15) is 11.5 Å². The van der Waals surface area contributed by atoms with Gasteiger partial charge in [-0.25, -0.2) is 0 Å². The summed E-state index contributed by atoms with van der Waals surface area (Å²) in [6.07, 6.45) is 7.97. The maximum atomic E-state index is 12.8. The van der Waals surface area contributed by atoms with Gasteiger partial charge in [-0.15, -0.1) is 0 Å². The number of primary amides is 1. The number of ketones is 1. The van der Waals surface area contributed by atoms with Gasteiger partial charge in [0.05, 0.1) is 6.61 Å². The average Bonchev–Trinajstić information content (AvgIpc) is 3.31. The highest BCUT2D eigenvalue weighted by molar-refractivity contribution is 5.94. The van der Waals surface area contributed by atoms with Crippen molar-refractivity contribution in [3.05, 3.63) is 29.3 Å². The number of benzene rings is 1. The van der Waals surface area contributed by atoms with Gasteiger partial charge < -0.3 is 15.4 Å². The predicted molar refractivity (Wildman–Crippen MR) is 125 cm³/mol. The number of carbonyl (C=O) groups is 2. The molecule has 5 rings (SSSR count). The summed E-state index contributed by atoms with van der Waals surface area (Å²) >= 11 is 0. The highest BCUT2D eigenvalue weighted by Gasteiger charge is 2.60. The standard InChI is InChI=1S/C27H38N2O3/c1-17-5-3-12-29(17)13-4-14-32-19-7-9-20-18(15-19)6-8-22-21(20)10-11-27(2)24(30)16-23(25(22)27)26(28)31/h7,9,15,17,21-23,25H,3-6,8,10-14,16H2,1-2H3,(H2,28,31)/t17-,21-,22-,23+,25-,27-/m1/s1. The second-order valence-electron chi connectivity index (χ2n) is 11.0. The molecular weight excluding hydrogens is 400 g/mol. The summed E-state index contributed by atoms with van der Waals surface area (Å²) in [6.45, 7) is 7.53. The molecule has 4 aliphatic rings. The number of hydrogen-bond acceptors (Lipinski definition) is 4.